The van der Waals surface area contributed by atoms with Crippen molar-refractivity contribution in [2.75, 3.05) is 7.05 Å². The predicted octanol–water partition coefficient (Wildman–Crippen LogP) is 4.11. The molecule has 18 heavy (non-hydrogen) atoms. The molecular weight excluding hydrogens is 242 g/mol. The molecule has 0 saturated carbocycles. The molecule has 3 heteroatoms. The van der Waals surface area contributed by atoms with Gasteiger partial charge >= 0.3 is 0 Å². The number of aryl methyl sites for hydroxylation is 1. The smallest absolute Gasteiger partial charge is 0.137 e. The van der Waals surface area contributed by atoms with Crippen LogP contribution in [0, 0.1) is 6.92 Å². The van der Waals surface area contributed by atoms with Crippen LogP contribution in [0.4, 0.5) is 0 Å². The fourth-order valence-electron chi connectivity index (χ4n) is 2.28. The minimum Gasteiger partial charge on any atom is -0.459 e. The van der Waals surface area contributed by atoms with Crippen LogP contribution < -0.4 is 5.32 Å². The lowest BCUT2D eigenvalue weighted by Gasteiger charge is -2.11. The highest BCUT2D eigenvalue weighted by Gasteiger charge is 2.17. The molecule has 1 aromatic carbocycles. The Morgan fingerprint density at radius 3 is 2.83 bits per heavy atom. The highest BCUT2D eigenvalue weighted by Crippen LogP contribution is 2.30. The zero-order valence-electron chi connectivity index (χ0n) is 10.4. The Labute approximate surface area is 110 Å². The average Bonchev–Trinajstić information content (AvgIpc) is 3.00. The van der Waals surface area contributed by atoms with Crippen LogP contribution in [0.1, 0.15) is 22.9 Å². The standard InChI is InChI=1S/C15H15NOS/c1-10-4-3-5-11-8-13(17-15(10)11)14(16-2)12-6-7-18-9-12/h3-9,14,16H,1-2H3. The van der Waals surface area contributed by atoms with E-state index in [9.17, 15) is 0 Å². The lowest BCUT2D eigenvalue weighted by atomic mass is 10.1. The second kappa shape index (κ2) is 4.59. The number of fused-ring (bicyclic) bond motifs is 1. The summed E-state index contributed by atoms with van der Waals surface area (Å²) in [5.41, 5.74) is 3.42. The maximum atomic E-state index is 6.02. The van der Waals surface area contributed by atoms with Gasteiger partial charge in [-0.15, -0.1) is 0 Å². The number of nitrogens with one attached hydrogen (secondary N) is 1. The molecule has 0 spiro atoms. The fourth-order valence-corrected chi connectivity index (χ4v) is 2.97. The number of furan rings is 1. The molecule has 1 unspecified atom stereocenters. The topological polar surface area (TPSA) is 25.2 Å². The van der Waals surface area contributed by atoms with Crippen LogP contribution >= 0.6 is 11.3 Å². The molecule has 0 radical (unpaired) electrons. The summed E-state index contributed by atoms with van der Waals surface area (Å²) in [5.74, 6) is 0.972. The third kappa shape index (κ3) is 1.85. The summed E-state index contributed by atoms with van der Waals surface area (Å²) >= 11 is 1.71. The van der Waals surface area contributed by atoms with Gasteiger partial charge in [-0.25, -0.2) is 0 Å². The molecular formula is C15H15NOS. The first-order valence-electron chi connectivity index (χ1n) is 5.98. The van der Waals surface area contributed by atoms with Crippen LogP contribution in [0.25, 0.3) is 11.0 Å². The lowest BCUT2D eigenvalue weighted by molar-refractivity contribution is 0.491. The first-order valence-corrected chi connectivity index (χ1v) is 6.92. The summed E-state index contributed by atoms with van der Waals surface area (Å²) < 4.78 is 6.02. The molecule has 2 heterocycles. The van der Waals surface area contributed by atoms with E-state index in [-0.39, 0.29) is 6.04 Å². The van der Waals surface area contributed by atoms with Gasteiger partial charge in [0.25, 0.3) is 0 Å². The molecule has 92 valence electrons. The quantitative estimate of drug-likeness (QED) is 0.763. The Morgan fingerprint density at radius 1 is 1.28 bits per heavy atom. The van der Waals surface area contributed by atoms with Crippen LogP contribution in [0.2, 0.25) is 0 Å². The Bertz CT molecular complexity index is 654. The molecule has 1 N–H and O–H groups in total. The molecule has 0 amide bonds. The van der Waals surface area contributed by atoms with Gasteiger partial charge in [0.05, 0.1) is 6.04 Å². The summed E-state index contributed by atoms with van der Waals surface area (Å²) in [6.07, 6.45) is 0. The van der Waals surface area contributed by atoms with E-state index < -0.39 is 0 Å². The van der Waals surface area contributed by atoms with E-state index in [1.807, 2.05) is 7.05 Å². The Kier molecular flexibility index (Phi) is 2.94. The third-order valence-corrected chi connectivity index (χ3v) is 3.91. The van der Waals surface area contributed by atoms with Crippen molar-refractivity contribution < 1.29 is 4.42 Å². The molecule has 0 aliphatic rings. The summed E-state index contributed by atoms with van der Waals surface area (Å²) in [6, 6.07) is 10.6. The monoisotopic (exact) mass is 257 g/mol. The van der Waals surface area contributed by atoms with Crippen LogP contribution in [-0.2, 0) is 0 Å². The average molecular weight is 257 g/mol. The number of hydrogen-bond donors (Lipinski definition) is 1. The van der Waals surface area contributed by atoms with Gasteiger partial charge in [-0.3, -0.25) is 0 Å². The zero-order chi connectivity index (χ0) is 12.5. The van der Waals surface area contributed by atoms with Crippen LogP contribution in [0.15, 0.2) is 45.5 Å². The Morgan fingerprint density at radius 2 is 2.17 bits per heavy atom. The van der Waals surface area contributed by atoms with Crippen molar-refractivity contribution in [2.24, 2.45) is 0 Å². The third-order valence-electron chi connectivity index (χ3n) is 3.21. The molecule has 2 aromatic heterocycles. The van der Waals surface area contributed by atoms with E-state index in [2.05, 4.69) is 53.3 Å². The second-order valence-electron chi connectivity index (χ2n) is 4.42. The van der Waals surface area contributed by atoms with Crippen LogP contribution in [0.3, 0.4) is 0 Å². The van der Waals surface area contributed by atoms with Crippen molar-refractivity contribution in [3.8, 4) is 0 Å². The molecule has 1 atom stereocenters. The SMILES string of the molecule is CNC(c1ccsc1)c1cc2cccc(C)c2o1. The molecule has 3 aromatic rings. The van der Waals surface area contributed by atoms with Crippen molar-refractivity contribution in [3.05, 3.63) is 58.0 Å². The van der Waals surface area contributed by atoms with E-state index in [1.54, 1.807) is 11.3 Å². The highest BCUT2D eigenvalue weighted by molar-refractivity contribution is 7.08. The highest BCUT2D eigenvalue weighted by atomic mass is 32.1. The molecule has 0 bridgehead atoms. The van der Waals surface area contributed by atoms with E-state index in [1.165, 1.54) is 16.5 Å². The van der Waals surface area contributed by atoms with Crippen molar-refractivity contribution in [3.63, 3.8) is 0 Å². The van der Waals surface area contributed by atoms with Gasteiger partial charge in [-0.05, 0) is 48.0 Å². The van der Waals surface area contributed by atoms with Crippen LogP contribution in [-0.4, -0.2) is 7.05 Å². The van der Waals surface area contributed by atoms with Crippen molar-refractivity contribution in [1.29, 1.82) is 0 Å². The van der Waals surface area contributed by atoms with Gasteiger partial charge in [0.2, 0.25) is 0 Å². The molecule has 0 saturated heterocycles. The molecule has 2 nitrogen and oxygen atoms in total. The minimum atomic E-state index is 0.128. The van der Waals surface area contributed by atoms with Gasteiger partial charge in [0.1, 0.15) is 11.3 Å². The summed E-state index contributed by atoms with van der Waals surface area (Å²) in [5, 5.41) is 8.73. The van der Waals surface area contributed by atoms with Gasteiger partial charge in [0.15, 0.2) is 0 Å². The number of benzene rings is 1. The maximum absolute atomic E-state index is 6.02. The molecule has 0 fully saturated rings. The minimum absolute atomic E-state index is 0.128. The van der Waals surface area contributed by atoms with E-state index in [4.69, 9.17) is 4.42 Å². The maximum Gasteiger partial charge on any atom is 0.137 e. The van der Waals surface area contributed by atoms with E-state index in [0.29, 0.717) is 0 Å². The normalized spacial score (nSPS) is 13.0. The first kappa shape index (κ1) is 11.5. The van der Waals surface area contributed by atoms with Crippen molar-refractivity contribution in [1.82, 2.24) is 5.32 Å². The van der Waals surface area contributed by atoms with Gasteiger partial charge < -0.3 is 9.73 Å². The number of thiophene rings is 1. The largest absolute Gasteiger partial charge is 0.459 e. The zero-order valence-corrected chi connectivity index (χ0v) is 11.3. The molecule has 3 rings (SSSR count). The summed E-state index contributed by atoms with van der Waals surface area (Å²) in [6.45, 7) is 2.08. The lowest BCUT2D eigenvalue weighted by Crippen LogP contribution is -2.16. The fraction of sp³-hybridized carbons (Fsp3) is 0.200. The van der Waals surface area contributed by atoms with Crippen LogP contribution in [0.5, 0.6) is 0 Å². The Hall–Kier alpha value is -1.58. The van der Waals surface area contributed by atoms with E-state index >= 15 is 0 Å². The number of rotatable bonds is 3. The molecule has 0 aliphatic carbocycles. The number of hydrogen-bond acceptors (Lipinski definition) is 3. The first-order chi connectivity index (χ1) is 8.79. The van der Waals surface area contributed by atoms with Gasteiger partial charge in [0, 0.05) is 5.39 Å². The Balaban J connectivity index is 2.11. The van der Waals surface area contributed by atoms with Gasteiger partial charge in [-0.1, -0.05) is 18.2 Å². The summed E-state index contributed by atoms with van der Waals surface area (Å²) in [7, 11) is 1.96. The van der Waals surface area contributed by atoms with E-state index in [0.717, 1.165) is 11.3 Å². The van der Waals surface area contributed by atoms with Crippen molar-refractivity contribution in [2.45, 2.75) is 13.0 Å². The summed E-state index contributed by atoms with van der Waals surface area (Å²) in [4.78, 5) is 0. The second-order valence-corrected chi connectivity index (χ2v) is 5.20. The predicted molar refractivity (Wildman–Crippen MR) is 76.2 cm³/mol. The van der Waals surface area contributed by atoms with Gasteiger partial charge in [-0.2, -0.15) is 11.3 Å². The van der Waals surface area contributed by atoms with Crippen molar-refractivity contribution >= 4 is 22.3 Å². The number of para-hydroxylation sites is 1. The molecule has 0 aliphatic heterocycles.